The number of hydrogen-bond donors (Lipinski definition) is 0. The van der Waals surface area contributed by atoms with Crippen molar-refractivity contribution in [2.24, 2.45) is 0 Å². The molecule has 3 nitrogen and oxygen atoms in total. The summed E-state index contributed by atoms with van der Waals surface area (Å²) in [6.45, 7) is 24.7. The highest BCUT2D eigenvalue weighted by Crippen LogP contribution is 2.68. The van der Waals surface area contributed by atoms with E-state index in [1.165, 1.54) is 231 Å². The smallest absolute Gasteiger partial charge is 0.144 e. The van der Waals surface area contributed by atoms with Crippen LogP contribution in [-0.2, 0) is 38.9 Å². The molecule has 126 heavy (non-hydrogen) atoms. The van der Waals surface area contributed by atoms with E-state index in [0.29, 0.717) is 0 Å². The topological polar surface area (TPSA) is 29.5 Å². The van der Waals surface area contributed by atoms with Gasteiger partial charge in [0.2, 0.25) is 0 Å². The summed E-state index contributed by atoms with van der Waals surface area (Å²) in [4.78, 5) is 2.63. The van der Waals surface area contributed by atoms with E-state index in [-0.39, 0.29) is 10.8 Å². The molecule has 0 saturated carbocycles. The average molecular weight is 1630 g/mol. The fraction of sp³-hybridized carbons (Fsp3) is 0.220. The Morgan fingerprint density at radius 3 is 1.40 bits per heavy atom. The van der Waals surface area contributed by atoms with Gasteiger partial charge in [-0.1, -0.05) is 387 Å². The van der Waals surface area contributed by atoms with Gasteiger partial charge in [-0.05, 0) is 248 Å². The second-order valence-electron chi connectivity index (χ2n) is 38.7. The molecule has 0 N–H and O–H groups in total. The van der Waals surface area contributed by atoms with Crippen molar-refractivity contribution >= 4 is 66.5 Å². The third-order valence-corrected chi connectivity index (χ3v) is 30.9. The van der Waals surface area contributed by atoms with Gasteiger partial charge < -0.3 is 13.7 Å². The van der Waals surface area contributed by atoms with Crippen LogP contribution in [0.1, 0.15) is 227 Å². The van der Waals surface area contributed by atoms with Crippen LogP contribution in [0.15, 0.2) is 355 Å². The van der Waals surface area contributed by atoms with Crippen LogP contribution in [0.5, 0.6) is 0 Å². The van der Waals surface area contributed by atoms with Gasteiger partial charge >= 0.3 is 0 Å². The number of benzene rings is 15. The molecule has 23 rings (SSSR count). The number of nitrogens with zero attached hydrogens (tertiary/aromatic N) is 1. The van der Waals surface area contributed by atoms with Crippen molar-refractivity contribution in [2.75, 3.05) is 4.90 Å². The highest BCUT2D eigenvalue weighted by Gasteiger charge is 2.54. The lowest BCUT2D eigenvalue weighted by Crippen LogP contribution is -2.30. The van der Waals surface area contributed by atoms with Gasteiger partial charge in [-0.2, -0.15) is 0 Å². The standard InChI is InChI=1S/C123H107NO2/c1-10-12-14-16-38-69-121(70-39-17-15-13-11-2)78(3)71-80(43-40-42-79-41-30-34-55-98(79)121)81-59-63-89-90-64-60-86(73-102(90)118(4,5)101(89)72-81)124(87-62-66-93-103(74-87)120(8,9)115-112(93)113-95-54-33-37-58-108(95)126-117(113)114-92-52-31-35-56-99(92)119(6,7)116(114)115)88-61-65-91-96-76-106-97(77-105(96)123(104(91)75-88,84-48-26-20-27-49-84)85-50-28-21-29-51-85)110-100(67-68-109-111(110)94-53-32-36-57-107(94)125-109)122(106,82-44-22-18-23-45-82)83-46-24-19-25-47-83/h18-37,40-41,43-68,71-77H,3,10-17,38-39,42,69-70H2,1-2,4-9H3/b43-40-,80-71+. The first-order valence-electron chi connectivity index (χ1n) is 46.6. The monoisotopic (exact) mass is 1630 g/mol. The Bertz CT molecular complexity index is 7280. The van der Waals surface area contributed by atoms with Crippen LogP contribution in [0.3, 0.4) is 0 Å². The fourth-order valence-corrected chi connectivity index (χ4v) is 25.0. The summed E-state index contributed by atoms with van der Waals surface area (Å²) in [7, 11) is 0. The van der Waals surface area contributed by atoms with Crippen molar-refractivity contribution in [3.8, 4) is 55.6 Å². The molecule has 2 heterocycles. The van der Waals surface area contributed by atoms with E-state index >= 15 is 0 Å². The molecule has 0 aliphatic heterocycles. The van der Waals surface area contributed by atoms with E-state index in [1.807, 2.05) is 0 Å². The molecule has 0 fully saturated rings. The first-order valence-corrected chi connectivity index (χ1v) is 46.6. The predicted molar refractivity (Wildman–Crippen MR) is 528 cm³/mol. The maximum atomic E-state index is 7.26. The molecule has 616 valence electrons. The normalized spacial score (nSPS) is 16.7. The lowest BCUT2D eigenvalue weighted by Gasteiger charge is -2.38. The lowest BCUT2D eigenvalue weighted by molar-refractivity contribution is 0.389. The minimum atomic E-state index is -0.827. The Kier molecular flexibility index (Phi) is 18.2. The summed E-state index contributed by atoms with van der Waals surface area (Å²) in [6, 6.07) is 121. The highest BCUT2D eigenvalue weighted by molar-refractivity contribution is 6.21. The molecule has 0 unspecified atom stereocenters. The molecule has 2 aromatic heterocycles. The first kappa shape index (κ1) is 77.7. The molecule has 0 bridgehead atoms. The second-order valence-corrected chi connectivity index (χ2v) is 38.7. The Labute approximate surface area is 742 Å². The van der Waals surface area contributed by atoms with Gasteiger partial charge in [0.25, 0.3) is 0 Å². The molecule has 0 radical (unpaired) electrons. The summed E-state index contributed by atoms with van der Waals surface area (Å²) in [5.74, 6) is 0. The number of anilines is 3. The summed E-state index contributed by atoms with van der Waals surface area (Å²) in [6.07, 6.45) is 23.0. The largest absolute Gasteiger partial charge is 0.456 e. The third kappa shape index (κ3) is 11.2. The second kappa shape index (κ2) is 29.5. The zero-order valence-corrected chi connectivity index (χ0v) is 73.9. The predicted octanol–water partition coefficient (Wildman–Crippen LogP) is 33.3. The van der Waals surface area contributed by atoms with Crippen molar-refractivity contribution in [3.05, 3.63) is 440 Å². The van der Waals surface area contributed by atoms with Crippen LogP contribution in [0.25, 0.3) is 105 Å². The zero-order valence-electron chi connectivity index (χ0n) is 73.9. The number of allylic oxidation sites excluding steroid dienone is 5. The van der Waals surface area contributed by atoms with Crippen LogP contribution >= 0.6 is 0 Å². The molecular weight excluding hydrogens is 1520 g/mol. The van der Waals surface area contributed by atoms with E-state index in [9.17, 15) is 0 Å². The molecule has 0 amide bonds. The van der Waals surface area contributed by atoms with E-state index in [1.54, 1.807) is 0 Å². The van der Waals surface area contributed by atoms with E-state index in [0.717, 1.165) is 74.8 Å². The summed E-state index contributed by atoms with van der Waals surface area (Å²) < 4.78 is 14.2. The van der Waals surface area contributed by atoms with E-state index in [4.69, 9.17) is 15.4 Å². The lowest BCUT2D eigenvalue weighted by atomic mass is 9.66. The van der Waals surface area contributed by atoms with Crippen molar-refractivity contribution in [2.45, 2.75) is 171 Å². The molecule has 6 aliphatic rings. The number of rotatable bonds is 20. The minimum Gasteiger partial charge on any atom is -0.456 e. The summed E-state index contributed by atoms with van der Waals surface area (Å²) in [5, 5.41) is 4.61. The molecule has 3 heteroatoms. The molecule has 15 aromatic carbocycles. The minimum absolute atomic E-state index is 0.160. The van der Waals surface area contributed by atoms with Gasteiger partial charge in [-0.15, -0.1) is 0 Å². The first-order chi connectivity index (χ1) is 61.6. The number of hydrogen-bond acceptors (Lipinski definition) is 3. The Hall–Kier alpha value is -13.1. The molecule has 17 aromatic rings. The third-order valence-electron chi connectivity index (χ3n) is 30.9. The van der Waals surface area contributed by atoms with Crippen LogP contribution in [0.4, 0.5) is 17.1 Å². The average Bonchev–Trinajstić information content (AvgIpc) is 1.50. The maximum Gasteiger partial charge on any atom is 0.144 e. The Morgan fingerprint density at radius 1 is 0.325 bits per heavy atom. The number of furan rings is 2. The van der Waals surface area contributed by atoms with Crippen molar-refractivity contribution < 1.29 is 8.83 Å². The van der Waals surface area contributed by atoms with Crippen LogP contribution in [0.2, 0.25) is 0 Å². The zero-order chi connectivity index (χ0) is 85.2. The van der Waals surface area contributed by atoms with Crippen LogP contribution in [-0.4, -0.2) is 0 Å². The van der Waals surface area contributed by atoms with Crippen molar-refractivity contribution in [3.63, 3.8) is 0 Å². The number of fused-ring (bicyclic) bond motifs is 26. The number of unbranched alkanes of at least 4 members (excludes halogenated alkanes) is 8. The van der Waals surface area contributed by atoms with Gasteiger partial charge in [0.1, 0.15) is 22.3 Å². The number of para-hydroxylation sites is 2. The summed E-state index contributed by atoms with van der Waals surface area (Å²) >= 11 is 0. The van der Waals surface area contributed by atoms with Gasteiger partial charge in [-0.25, -0.2) is 0 Å². The van der Waals surface area contributed by atoms with E-state index in [2.05, 4.69) is 394 Å². The molecule has 6 aliphatic carbocycles. The molecular formula is C123H107NO2. The molecule has 0 saturated heterocycles. The van der Waals surface area contributed by atoms with Gasteiger partial charge in [0, 0.05) is 65.8 Å². The van der Waals surface area contributed by atoms with Crippen molar-refractivity contribution in [1.29, 1.82) is 0 Å². The molecule has 0 spiro atoms. The van der Waals surface area contributed by atoms with Crippen LogP contribution < -0.4 is 4.90 Å². The maximum absolute atomic E-state index is 7.26. The van der Waals surface area contributed by atoms with Gasteiger partial charge in [0.05, 0.1) is 10.8 Å². The fourth-order valence-electron chi connectivity index (χ4n) is 25.0. The van der Waals surface area contributed by atoms with Crippen LogP contribution in [0, 0.1) is 0 Å². The highest BCUT2D eigenvalue weighted by atomic mass is 16.3. The van der Waals surface area contributed by atoms with E-state index < -0.39 is 21.7 Å². The Morgan fingerprint density at radius 2 is 0.778 bits per heavy atom. The quantitative estimate of drug-likeness (QED) is 0.0712. The SMILES string of the molecule is C=C1/C=C(c2ccc3c(c2)C(C)(C)c2cc(N(c4ccc5c(c4)C(C)(C)c4c6c(c7oc8ccccc8c7c4-5)-c4ccccc4C6(C)C)c4ccc5c(c4)C(c4ccccc4)(c4ccccc4)c4cc6c(cc4-5)C(c4ccccc4)(c4ccccc4)c4ccc5oc7ccccc7c5c4-6)ccc2-3)\C=C/Cc2ccccc2C1(CCCCCCC)CCCCCCC. The molecule has 0 atom stereocenters. The van der Waals surface area contributed by atoms with Gasteiger partial charge in [-0.3, -0.25) is 0 Å². The van der Waals surface area contributed by atoms with Crippen molar-refractivity contribution in [1.82, 2.24) is 0 Å². The summed E-state index contributed by atoms with van der Waals surface area (Å²) in [5.41, 5.74) is 41.1. The van der Waals surface area contributed by atoms with Gasteiger partial charge in [0.15, 0.2) is 0 Å². The Balaban J connectivity index is 0.737.